The Kier molecular flexibility index (Phi) is 1.86. The van der Waals surface area contributed by atoms with Crippen LogP contribution in [-0.2, 0) is 0 Å². The molecule has 0 aliphatic heterocycles. The number of aliphatic hydroxyl groups is 1. The number of allylic oxidation sites excluding steroid dienone is 1. The second-order valence-electron chi connectivity index (χ2n) is 6.99. The maximum atomic E-state index is 10.6. The molecule has 16 heavy (non-hydrogen) atoms. The van der Waals surface area contributed by atoms with E-state index in [1.54, 1.807) is 0 Å². The molecule has 0 bridgehead atoms. The third-order valence-corrected chi connectivity index (χ3v) is 6.41. The van der Waals surface area contributed by atoms with Crippen LogP contribution in [0.3, 0.4) is 0 Å². The highest BCUT2D eigenvalue weighted by Crippen LogP contribution is 2.77. The molecule has 90 valence electrons. The first-order chi connectivity index (χ1) is 7.38. The highest BCUT2D eigenvalue weighted by molar-refractivity contribution is 5.39. The van der Waals surface area contributed by atoms with E-state index in [-0.39, 0.29) is 16.9 Å². The van der Waals surface area contributed by atoms with Crippen LogP contribution in [0.1, 0.15) is 53.4 Å². The van der Waals surface area contributed by atoms with Crippen molar-refractivity contribution in [1.82, 2.24) is 0 Å². The molecule has 0 spiro atoms. The van der Waals surface area contributed by atoms with E-state index >= 15 is 0 Å². The van der Waals surface area contributed by atoms with Gasteiger partial charge in [0.05, 0.1) is 6.10 Å². The summed E-state index contributed by atoms with van der Waals surface area (Å²) < 4.78 is 0. The predicted molar refractivity (Wildman–Crippen MR) is 66.0 cm³/mol. The van der Waals surface area contributed by atoms with Crippen LogP contribution in [0.15, 0.2) is 11.6 Å². The summed E-state index contributed by atoms with van der Waals surface area (Å²) in [6, 6.07) is 0. The van der Waals surface area contributed by atoms with Crippen LogP contribution in [0.5, 0.6) is 0 Å². The molecule has 0 aromatic rings. The van der Waals surface area contributed by atoms with Gasteiger partial charge in [-0.15, -0.1) is 0 Å². The van der Waals surface area contributed by atoms with E-state index in [9.17, 15) is 5.11 Å². The van der Waals surface area contributed by atoms with Crippen molar-refractivity contribution in [1.29, 1.82) is 0 Å². The average molecular weight is 220 g/mol. The Morgan fingerprint density at radius 3 is 2.50 bits per heavy atom. The summed E-state index contributed by atoms with van der Waals surface area (Å²) >= 11 is 0. The van der Waals surface area contributed by atoms with Crippen LogP contribution in [0.25, 0.3) is 0 Å². The molecule has 0 aromatic carbocycles. The summed E-state index contributed by atoms with van der Waals surface area (Å²) in [6.07, 6.45) is 7.21. The van der Waals surface area contributed by atoms with Gasteiger partial charge >= 0.3 is 0 Å². The van der Waals surface area contributed by atoms with Gasteiger partial charge in [-0.2, -0.15) is 0 Å². The van der Waals surface area contributed by atoms with Gasteiger partial charge in [0.1, 0.15) is 0 Å². The molecule has 3 rings (SSSR count). The Morgan fingerprint density at radius 2 is 1.88 bits per heavy atom. The van der Waals surface area contributed by atoms with Crippen LogP contribution in [0.2, 0.25) is 0 Å². The topological polar surface area (TPSA) is 20.2 Å². The highest BCUT2D eigenvalue weighted by atomic mass is 16.3. The summed E-state index contributed by atoms with van der Waals surface area (Å²) in [6.45, 7) is 9.39. The van der Waals surface area contributed by atoms with Crippen molar-refractivity contribution < 1.29 is 5.11 Å². The van der Waals surface area contributed by atoms with Crippen LogP contribution < -0.4 is 0 Å². The molecule has 0 radical (unpaired) electrons. The monoisotopic (exact) mass is 220 g/mol. The Bertz CT molecular complexity index is 350. The summed E-state index contributed by atoms with van der Waals surface area (Å²) in [5.41, 5.74) is 2.24. The van der Waals surface area contributed by atoms with Gasteiger partial charge in [0, 0.05) is 5.41 Å². The van der Waals surface area contributed by atoms with E-state index in [0.717, 1.165) is 6.42 Å². The number of rotatable bonds is 0. The second kappa shape index (κ2) is 2.75. The molecule has 1 N–H and O–H groups in total. The van der Waals surface area contributed by atoms with Crippen molar-refractivity contribution in [3.8, 4) is 0 Å². The molecule has 0 aromatic heterocycles. The summed E-state index contributed by atoms with van der Waals surface area (Å²) in [4.78, 5) is 0. The van der Waals surface area contributed by atoms with Gasteiger partial charge in [-0.05, 0) is 49.4 Å². The zero-order valence-electron chi connectivity index (χ0n) is 11.0. The van der Waals surface area contributed by atoms with Gasteiger partial charge in [0.15, 0.2) is 0 Å². The lowest BCUT2D eigenvalue weighted by atomic mass is 9.56. The van der Waals surface area contributed by atoms with Gasteiger partial charge < -0.3 is 5.11 Å². The normalized spacial score (nSPS) is 53.7. The van der Waals surface area contributed by atoms with E-state index in [1.165, 1.54) is 24.8 Å². The first kappa shape index (κ1) is 10.8. The first-order valence-electron chi connectivity index (χ1n) is 6.76. The SMILES string of the molecule is CC1=CC(C)(C)[C@@]23CC[C@@H](C)[C@]12[C@H](O)CC3. The summed E-state index contributed by atoms with van der Waals surface area (Å²) in [5.74, 6) is 0.656. The Balaban J connectivity index is 2.26. The standard InChI is InChI=1S/C15H24O/c1-10-5-7-14-8-6-12(16)15(10,14)11(2)9-13(14,3)4/h9-10,12,16H,5-8H2,1-4H3/t10-,12-,14+,15-/m1/s1. The lowest BCUT2D eigenvalue weighted by molar-refractivity contribution is -0.0264. The van der Waals surface area contributed by atoms with E-state index in [0.29, 0.717) is 11.3 Å². The lowest BCUT2D eigenvalue weighted by Gasteiger charge is -2.47. The van der Waals surface area contributed by atoms with Crippen molar-refractivity contribution in [3.63, 3.8) is 0 Å². The fraction of sp³-hybridized carbons (Fsp3) is 0.867. The van der Waals surface area contributed by atoms with Gasteiger partial charge in [-0.1, -0.05) is 32.4 Å². The molecule has 3 aliphatic carbocycles. The smallest absolute Gasteiger partial charge is 0.0641 e. The van der Waals surface area contributed by atoms with Gasteiger partial charge in [0.25, 0.3) is 0 Å². The van der Waals surface area contributed by atoms with Crippen LogP contribution in [0.4, 0.5) is 0 Å². The van der Waals surface area contributed by atoms with Gasteiger partial charge in [0.2, 0.25) is 0 Å². The maximum absolute atomic E-state index is 10.6. The van der Waals surface area contributed by atoms with Crippen LogP contribution in [0, 0.1) is 22.2 Å². The van der Waals surface area contributed by atoms with Gasteiger partial charge in [-0.3, -0.25) is 0 Å². The van der Waals surface area contributed by atoms with E-state index < -0.39 is 0 Å². The van der Waals surface area contributed by atoms with Crippen molar-refractivity contribution in [2.75, 3.05) is 0 Å². The average Bonchev–Trinajstić information content (AvgIpc) is 2.70. The Morgan fingerprint density at radius 1 is 1.25 bits per heavy atom. The molecule has 3 aliphatic rings. The molecular formula is C15H24O. The number of hydrogen-bond acceptors (Lipinski definition) is 1. The third kappa shape index (κ3) is 0.796. The lowest BCUT2D eigenvalue weighted by Crippen LogP contribution is -2.46. The number of aliphatic hydroxyl groups excluding tert-OH is 1. The number of hydrogen-bond donors (Lipinski definition) is 1. The minimum atomic E-state index is -0.0944. The summed E-state index contributed by atoms with van der Waals surface area (Å²) in [7, 11) is 0. The molecular weight excluding hydrogens is 196 g/mol. The zero-order chi connectivity index (χ0) is 11.8. The van der Waals surface area contributed by atoms with Crippen LogP contribution >= 0.6 is 0 Å². The van der Waals surface area contributed by atoms with Crippen molar-refractivity contribution in [2.24, 2.45) is 22.2 Å². The van der Waals surface area contributed by atoms with Gasteiger partial charge in [-0.25, -0.2) is 0 Å². The Labute approximate surface area is 98.9 Å². The zero-order valence-corrected chi connectivity index (χ0v) is 11.0. The fourth-order valence-corrected chi connectivity index (χ4v) is 5.96. The van der Waals surface area contributed by atoms with Crippen molar-refractivity contribution in [3.05, 3.63) is 11.6 Å². The van der Waals surface area contributed by atoms with Crippen molar-refractivity contribution >= 4 is 0 Å². The molecule has 1 heteroatoms. The Hall–Kier alpha value is -0.300. The molecule has 0 saturated heterocycles. The van der Waals surface area contributed by atoms with Crippen LogP contribution in [-0.4, -0.2) is 11.2 Å². The molecule has 4 atom stereocenters. The first-order valence-corrected chi connectivity index (χ1v) is 6.76. The molecule has 1 nitrogen and oxygen atoms in total. The molecule has 0 amide bonds. The summed E-state index contributed by atoms with van der Waals surface area (Å²) in [5, 5.41) is 10.6. The predicted octanol–water partition coefficient (Wildman–Crippen LogP) is 3.53. The molecule has 2 fully saturated rings. The van der Waals surface area contributed by atoms with E-state index in [4.69, 9.17) is 0 Å². The van der Waals surface area contributed by atoms with E-state index in [2.05, 4.69) is 33.8 Å². The molecule has 0 heterocycles. The maximum Gasteiger partial charge on any atom is 0.0641 e. The molecule has 0 unspecified atom stereocenters. The van der Waals surface area contributed by atoms with Crippen molar-refractivity contribution in [2.45, 2.75) is 59.5 Å². The quantitative estimate of drug-likeness (QED) is 0.619. The van der Waals surface area contributed by atoms with E-state index in [1.807, 2.05) is 0 Å². The minimum Gasteiger partial charge on any atom is -0.392 e. The highest BCUT2D eigenvalue weighted by Gasteiger charge is 2.72. The second-order valence-corrected chi connectivity index (χ2v) is 6.99. The third-order valence-electron chi connectivity index (χ3n) is 6.41. The molecule has 2 saturated carbocycles. The fourth-order valence-electron chi connectivity index (χ4n) is 5.96. The minimum absolute atomic E-state index is 0.0944. The largest absolute Gasteiger partial charge is 0.392 e.